The number of ether oxygens (including phenoxy) is 2. The topological polar surface area (TPSA) is 73.9 Å². The van der Waals surface area contributed by atoms with E-state index >= 15 is 8.78 Å². The number of H-pyrrole nitrogens is 1. The molecule has 7 nitrogen and oxygen atoms in total. The lowest BCUT2D eigenvalue weighted by molar-refractivity contribution is 0.0154. The molecule has 6 rings (SSSR count). The second-order valence-corrected chi connectivity index (χ2v) is 9.70. The average molecular weight is 519 g/mol. The predicted molar refractivity (Wildman–Crippen MR) is 140 cm³/mol. The first-order chi connectivity index (χ1) is 18.5. The summed E-state index contributed by atoms with van der Waals surface area (Å²) in [4.78, 5) is 4.06. The zero-order chi connectivity index (χ0) is 26.2. The molecule has 0 unspecified atom stereocenters. The van der Waals surface area contributed by atoms with Gasteiger partial charge in [0.25, 0.3) is 0 Å². The first-order valence-electron chi connectivity index (χ1n) is 12.7. The summed E-state index contributed by atoms with van der Waals surface area (Å²) in [5.74, 6) is -1.12. The van der Waals surface area contributed by atoms with E-state index in [0.29, 0.717) is 30.2 Å². The number of aromatic hydroxyl groups is 1. The molecule has 3 aromatic carbocycles. The molecule has 2 aliphatic rings. The third-order valence-electron chi connectivity index (χ3n) is 7.05. The first-order valence-corrected chi connectivity index (χ1v) is 12.7. The van der Waals surface area contributed by atoms with Crippen LogP contribution in [-0.2, 0) is 0 Å². The molecule has 3 heterocycles. The maximum atomic E-state index is 15.4. The summed E-state index contributed by atoms with van der Waals surface area (Å²) in [5, 5.41) is 16.6. The Morgan fingerprint density at radius 3 is 2.50 bits per heavy atom. The second kappa shape index (κ2) is 9.98. The minimum atomic E-state index is -0.749. The van der Waals surface area contributed by atoms with E-state index in [1.807, 2.05) is 23.1 Å². The first kappa shape index (κ1) is 24.2. The largest absolute Gasteiger partial charge is 0.508 e. The second-order valence-electron chi connectivity index (χ2n) is 9.70. The smallest absolute Gasteiger partial charge is 0.191 e. The quantitative estimate of drug-likeness (QED) is 0.322. The Balaban J connectivity index is 1.36. The van der Waals surface area contributed by atoms with Gasteiger partial charge in [-0.3, -0.25) is 10.00 Å². The number of aromatic nitrogens is 2. The third-order valence-corrected chi connectivity index (χ3v) is 7.05. The molecule has 0 bridgehead atoms. The number of rotatable bonds is 7. The van der Waals surface area contributed by atoms with Crippen molar-refractivity contribution in [2.45, 2.75) is 25.5 Å². The van der Waals surface area contributed by atoms with Crippen LogP contribution >= 0.6 is 0 Å². The van der Waals surface area contributed by atoms with E-state index in [2.05, 4.69) is 22.0 Å². The highest BCUT2D eigenvalue weighted by Gasteiger charge is 2.33. The van der Waals surface area contributed by atoms with Crippen molar-refractivity contribution in [3.05, 3.63) is 84.2 Å². The van der Waals surface area contributed by atoms with Gasteiger partial charge in [-0.25, -0.2) is 8.78 Å². The van der Waals surface area contributed by atoms with Crippen LogP contribution in [0.15, 0.2) is 67.0 Å². The van der Waals surface area contributed by atoms with Gasteiger partial charge >= 0.3 is 0 Å². The van der Waals surface area contributed by atoms with Gasteiger partial charge in [-0.2, -0.15) is 5.10 Å². The van der Waals surface area contributed by atoms with Gasteiger partial charge in [0.2, 0.25) is 0 Å². The maximum Gasteiger partial charge on any atom is 0.191 e. The Morgan fingerprint density at radius 2 is 1.82 bits per heavy atom. The number of hydrogen-bond acceptors (Lipinski definition) is 6. The number of likely N-dealkylation sites (tertiary alicyclic amines) is 1. The van der Waals surface area contributed by atoms with Crippen LogP contribution < -0.4 is 14.4 Å². The minimum absolute atomic E-state index is 0.134. The molecule has 1 fully saturated rings. The number of anilines is 2. The Bertz CT molecular complexity index is 1400. The molecule has 1 saturated heterocycles. The van der Waals surface area contributed by atoms with Gasteiger partial charge in [-0.05, 0) is 48.4 Å². The van der Waals surface area contributed by atoms with Crippen molar-refractivity contribution in [2.75, 3.05) is 31.1 Å². The fourth-order valence-corrected chi connectivity index (χ4v) is 5.15. The van der Waals surface area contributed by atoms with E-state index in [9.17, 15) is 5.11 Å². The van der Waals surface area contributed by atoms with E-state index in [-0.39, 0.29) is 30.3 Å². The van der Waals surface area contributed by atoms with Gasteiger partial charge in [0.1, 0.15) is 24.2 Å². The molecule has 0 spiro atoms. The lowest BCUT2D eigenvalue weighted by atomic mass is 10.00. The van der Waals surface area contributed by atoms with Crippen molar-refractivity contribution in [1.29, 1.82) is 0 Å². The molecule has 1 atom stereocenters. The van der Waals surface area contributed by atoms with Crippen LogP contribution in [0, 0.1) is 11.6 Å². The molecule has 0 radical (unpaired) electrons. The summed E-state index contributed by atoms with van der Waals surface area (Å²) in [5.41, 5.74) is 3.64. The standard InChI is InChI=1S/C29H28F2N4O3/c1-2-9-34-15-23(16-34)38-29-24(30)11-21(12-25(29)31)35-26-8-5-19(20-13-32-33-14-20)10-28(26)37-17-27(35)18-3-6-22(36)7-4-18/h3-8,10-14,23,27,36H,2,9,15-17H2,1H3,(H,32,33)/t27-/m0/s1. The van der Waals surface area contributed by atoms with Crippen molar-refractivity contribution in [3.63, 3.8) is 0 Å². The molecular weight excluding hydrogens is 490 g/mol. The Morgan fingerprint density at radius 1 is 1.05 bits per heavy atom. The van der Waals surface area contributed by atoms with E-state index in [0.717, 1.165) is 29.7 Å². The molecule has 38 heavy (non-hydrogen) atoms. The summed E-state index contributed by atoms with van der Waals surface area (Å²) >= 11 is 0. The fraction of sp³-hybridized carbons (Fsp3) is 0.276. The zero-order valence-electron chi connectivity index (χ0n) is 20.9. The lowest BCUT2D eigenvalue weighted by Gasteiger charge is -2.40. The van der Waals surface area contributed by atoms with Crippen molar-refractivity contribution < 1.29 is 23.4 Å². The van der Waals surface area contributed by atoms with Crippen molar-refractivity contribution in [2.24, 2.45) is 0 Å². The van der Waals surface area contributed by atoms with Crippen LogP contribution in [-0.4, -0.2) is 52.5 Å². The summed E-state index contributed by atoms with van der Waals surface area (Å²) in [7, 11) is 0. The summed E-state index contributed by atoms with van der Waals surface area (Å²) in [6.07, 6.45) is 4.30. The SMILES string of the molecule is CCCN1CC(Oc2c(F)cc(N3c4ccc(-c5cn[nH]c5)cc4OC[C@H]3c3ccc(O)cc3)cc2F)C1. The fourth-order valence-electron chi connectivity index (χ4n) is 5.15. The van der Waals surface area contributed by atoms with Gasteiger partial charge in [0.15, 0.2) is 17.4 Å². The van der Waals surface area contributed by atoms with Crippen LogP contribution in [0.4, 0.5) is 20.2 Å². The number of phenolic OH excluding ortho intramolecular Hbond substituents is 1. The molecule has 0 aliphatic carbocycles. The lowest BCUT2D eigenvalue weighted by Crippen LogP contribution is -2.53. The molecule has 2 N–H and O–H groups in total. The molecule has 4 aromatic rings. The van der Waals surface area contributed by atoms with Crippen LogP contribution in [0.1, 0.15) is 24.9 Å². The number of hydrogen-bond donors (Lipinski definition) is 2. The Labute approximate surface area is 219 Å². The molecule has 2 aliphatic heterocycles. The highest BCUT2D eigenvalue weighted by atomic mass is 19.1. The number of fused-ring (bicyclic) bond motifs is 1. The highest BCUT2D eigenvalue weighted by Crippen LogP contribution is 2.47. The zero-order valence-corrected chi connectivity index (χ0v) is 20.9. The van der Waals surface area contributed by atoms with E-state index in [1.165, 1.54) is 12.1 Å². The van der Waals surface area contributed by atoms with Crippen LogP contribution in [0.3, 0.4) is 0 Å². The monoisotopic (exact) mass is 518 g/mol. The molecule has 196 valence electrons. The Kier molecular flexibility index (Phi) is 6.37. The third kappa shape index (κ3) is 4.54. The normalized spacial score (nSPS) is 17.6. The van der Waals surface area contributed by atoms with Gasteiger partial charge in [0, 0.05) is 42.7 Å². The minimum Gasteiger partial charge on any atom is -0.508 e. The molecule has 9 heteroatoms. The number of nitrogens with zero attached hydrogens (tertiary/aromatic N) is 3. The molecule has 1 aromatic heterocycles. The van der Waals surface area contributed by atoms with E-state index in [4.69, 9.17) is 9.47 Å². The summed E-state index contributed by atoms with van der Waals surface area (Å²) in [6.45, 7) is 4.60. The van der Waals surface area contributed by atoms with Crippen LogP contribution in [0.2, 0.25) is 0 Å². The maximum absolute atomic E-state index is 15.4. The van der Waals surface area contributed by atoms with Crippen molar-refractivity contribution >= 4 is 11.4 Å². The number of phenols is 1. The molecular formula is C29H28F2N4O3. The van der Waals surface area contributed by atoms with Gasteiger partial charge in [-0.1, -0.05) is 25.1 Å². The van der Waals surface area contributed by atoms with E-state index in [1.54, 1.807) is 36.7 Å². The van der Waals surface area contributed by atoms with Gasteiger partial charge in [-0.15, -0.1) is 0 Å². The van der Waals surface area contributed by atoms with Gasteiger partial charge in [0.05, 0.1) is 17.9 Å². The molecule has 0 saturated carbocycles. The predicted octanol–water partition coefficient (Wildman–Crippen LogP) is 5.81. The van der Waals surface area contributed by atoms with Crippen molar-refractivity contribution in [1.82, 2.24) is 15.1 Å². The van der Waals surface area contributed by atoms with Crippen LogP contribution in [0.25, 0.3) is 11.1 Å². The average Bonchev–Trinajstić information content (AvgIpc) is 3.43. The number of halogens is 2. The van der Waals surface area contributed by atoms with E-state index < -0.39 is 11.6 Å². The number of nitrogens with one attached hydrogen (secondary N) is 1. The van der Waals surface area contributed by atoms with Crippen LogP contribution in [0.5, 0.6) is 17.2 Å². The number of aromatic amines is 1. The summed E-state index contributed by atoms with van der Waals surface area (Å²) < 4.78 is 42.6. The number of benzene rings is 3. The van der Waals surface area contributed by atoms with Crippen molar-refractivity contribution in [3.8, 4) is 28.4 Å². The Hall–Kier alpha value is -4.11. The van der Waals surface area contributed by atoms with Gasteiger partial charge < -0.3 is 19.5 Å². The highest BCUT2D eigenvalue weighted by molar-refractivity contribution is 5.77. The molecule has 0 amide bonds. The summed E-state index contributed by atoms with van der Waals surface area (Å²) in [6, 6.07) is 14.7.